The number of benzene rings is 3. The number of aliphatic hydroxyl groups excluding tert-OH is 2. The predicted molar refractivity (Wildman–Crippen MR) is 130 cm³/mol. The van der Waals surface area contributed by atoms with Crippen molar-refractivity contribution in [2.75, 3.05) is 11.9 Å². The SMILES string of the molecule is C[C@H](Cc1cccc(CCC(=O)Nc2ccccc2)c1)NC[C@@H](O)c1ccc(O)c(CO)c1. The van der Waals surface area contributed by atoms with Crippen molar-refractivity contribution in [3.8, 4) is 5.75 Å². The summed E-state index contributed by atoms with van der Waals surface area (Å²) in [7, 11) is 0. The molecule has 0 fully saturated rings. The Kier molecular flexibility index (Phi) is 9.01. The first-order valence-electron chi connectivity index (χ1n) is 11.2. The van der Waals surface area contributed by atoms with Crippen LogP contribution in [0.1, 0.15) is 41.7 Å². The second-order valence-electron chi connectivity index (χ2n) is 8.31. The van der Waals surface area contributed by atoms with Gasteiger partial charge in [-0.1, -0.05) is 48.5 Å². The fraction of sp³-hybridized carbons (Fsp3) is 0.296. The maximum atomic E-state index is 12.2. The third-order valence-electron chi connectivity index (χ3n) is 5.55. The van der Waals surface area contributed by atoms with Gasteiger partial charge in [0.05, 0.1) is 12.7 Å². The van der Waals surface area contributed by atoms with E-state index in [4.69, 9.17) is 0 Å². The molecule has 0 aliphatic heterocycles. The minimum absolute atomic E-state index is 0.00536. The summed E-state index contributed by atoms with van der Waals surface area (Å²) in [5.41, 5.74) is 4.13. The molecule has 2 atom stereocenters. The lowest BCUT2D eigenvalue weighted by Crippen LogP contribution is -2.32. The number of para-hydroxylation sites is 1. The number of carbonyl (C=O) groups excluding carboxylic acids is 1. The van der Waals surface area contributed by atoms with E-state index in [0.717, 1.165) is 23.2 Å². The molecule has 0 aliphatic rings. The molecular weight excluding hydrogens is 416 g/mol. The zero-order valence-electron chi connectivity index (χ0n) is 18.9. The average Bonchev–Trinajstić information content (AvgIpc) is 2.82. The fourth-order valence-corrected chi connectivity index (χ4v) is 3.71. The summed E-state index contributed by atoms with van der Waals surface area (Å²) in [5, 5.41) is 35.7. The Morgan fingerprint density at radius 3 is 2.48 bits per heavy atom. The van der Waals surface area contributed by atoms with Gasteiger partial charge in [0.2, 0.25) is 5.91 Å². The molecule has 174 valence electrons. The standard InChI is InChI=1S/C27H32N2O4/c1-19(28-17-26(32)22-11-12-25(31)23(16-22)18-30)14-21-7-5-6-20(15-21)10-13-27(33)29-24-8-3-2-4-9-24/h2-9,11-12,15-16,19,26,28,30-32H,10,13-14,17-18H2,1H3,(H,29,33)/t19-,26-/m1/s1. The minimum Gasteiger partial charge on any atom is -0.508 e. The van der Waals surface area contributed by atoms with Crippen LogP contribution in [0.3, 0.4) is 0 Å². The molecule has 3 aromatic carbocycles. The van der Waals surface area contributed by atoms with Crippen LogP contribution in [-0.2, 0) is 24.2 Å². The highest BCUT2D eigenvalue weighted by molar-refractivity contribution is 5.90. The first-order valence-corrected chi connectivity index (χ1v) is 11.2. The van der Waals surface area contributed by atoms with Gasteiger partial charge in [0.25, 0.3) is 0 Å². The first kappa shape index (κ1) is 24.5. The highest BCUT2D eigenvalue weighted by atomic mass is 16.3. The Hall–Kier alpha value is -3.19. The van der Waals surface area contributed by atoms with Gasteiger partial charge in [0.1, 0.15) is 5.75 Å². The molecule has 0 saturated carbocycles. The Balaban J connectivity index is 1.46. The summed E-state index contributed by atoms with van der Waals surface area (Å²) in [4.78, 5) is 12.2. The van der Waals surface area contributed by atoms with E-state index < -0.39 is 6.10 Å². The first-order chi connectivity index (χ1) is 15.9. The molecule has 0 spiro atoms. The summed E-state index contributed by atoms with van der Waals surface area (Å²) in [5.74, 6) is 0.0152. The molecule has 6 heteroatoms. The summed E-state index contributed by atoms with van der Waals surface area (Å²) in [6.07, 6.45) is 1.13. The van der Waals surface area contributed by atoms with Crippen LogP contribution in [-0.4, -0.2) is 33.8 Å². The Bertz CT molecular complexity index is 1040. The van der Waals surface area contributed by atoms with Crippen LogP contribution in [0.2, 0.25) is 0 Å². The molecule has 0 saturated heterocycles. The topological polar surface area (TPSA) is 102 Å². The van der Waals surface area contributed by atoms with Gasteiger partial charge < -0.3 is 26.0 Å². The fourth-order valence-electron chi connectivity index (χ4n) is 3.71. The smallest absolute Gasteiger partial charge is 0.224 e. The van der Waals surface area contributed by atoms with Crippen molar-refractivity contribution in [3.63, 3.8) is 0 Å². The van der Waals surface area contributed by atoms with Crippen LogP contribution < -0.4 is 10.6 Å². The van der Waals surface area contributed by atoms with Gasteiger partial charge in [-0.15, -0.1) is 0 Å². The zero-order valence-corrected chi connectivity index (χ0v) is 18.9. The molecule has 0 unspecified atom stereocenters. The number of hydrogen-bond donors (Lipinski definition) is 5. The number of amides is 1. The Labute approximate surface area is 194 Å². The van der Waals surface area contributed by atoms with Crippen LogP contribution in [0.15, 0.2) is 72.8 Å². The van der Waals surface area contributed by atoms with Crippen molar-refractivity contribution in [1.29, 1.82) is 0 Å². The van der Waals surface area contributed by atoms with Gasteiger partial charge in [-0.25, -0.2) is 0 Å². The predicted octanol–water partition coefficient (Wildman–Crippen LogP) is 3.71. The van der Waals surface area contributed by atoms with Crippen molar-refractivity contribution in [2.45, 2.75) is 44.9 Å². The van der Waals surface area contributed by atoms with E-state index in [-0.39, 0.29) is 24.3 Å². The molecule has 1 amide bonds. The maximum absolute atomic E-state index is 12.2. The van der Waals surface area contributed by atoms with E-state index in [1.54, 1.807) is 12.1 Å². The van der Waals surface area contributed by atoms with E-state index in [0.29, 0.717) is 30.5 Å². The van der Waals surface area contributed by atoms with Crippen LogP contribution in [0.4, 0.5) is 5.69 Å². The molecule has 6 nitrogen and oxygen atoms in total. The molecule has 0 aliphatic carbocycles. The summed E-state index contributed by atoms with van der Waals surface area (Å²) in [6, 6.07) is 22.6. The summed E-state index contributed by atoms with van der Waals surface area (Å²) < 4.78 is 0. The van der Waals surface area contributed by atoms with Gasteiger partial charge in [0.15, 0.2) is 0 Å². The second kappa shape index (κ2) is 12.2. The molecule has 0 heterocycles. The third-order valence-corrected chi connectivity index (χ3v) is 5.55. The molecule has 0 bridgehead atoms. The number of rotatable bonds is 11. The number of aliphatic hydroxyl groups is 2. The molecule has 5 N–H and O–H groups in total. The third kappa shape index (κ3) is 7.71. The molecular formula is C27H32N2O4. The quantitative estimate of drug-likeness (QED) is 0.308. The molecule has 3 aromatic rings. The van der Waals surface area contributed by atoms with Crippen molar-refractivity contribution in [1.82, 2.24) is 5.32 Å². The Morgan fingerprint density at radius 2 is 1.73 bits per heavy atom. The zero-order chi connectivity index (χ0) is 23.6. The van der Waals surface area contributed by atoms with Crippen molar-refractivity contribution < 1.29 is 20.1 Å². The monoisotopic (exact) mass is 448 g/mol. The number of carbonyl (C=O) groups is 1. The second-order valence-corrected chi connectivity index (χ2v) is 8.31. The Morgan fingerprint density at radius 1 is 0.970 bits per heavy atom. The van der Waals surface area contributed by atoms with Crippen molar-refractivity contribution in [3.05, 3.63) is 95.1 Å². The largest absolute Gasteiger partial charge is 0.508 e. The van der Waals surface area contributed by atoms with Gasteiger partial charge in [-0.2, -0.15) is 0 Å². The van der Waals surface area contributed by atoms with Crippen molar-refractivity contribution in [2.24, 2.45) is 0 Å². The van der Waals surface area contributed by atoms with E-state index in [1.807, 2.05) is 42.5 Å². The number of phenols is 1. The van der Waals surface area contributed by atoms with E-state index in [9.17, 15) is 20.1 Å². The molecule has 33 heavy (non-hydrogen) atoms. The number of anilines is 1. The molecule has 0 radical (unpaired) electrons. The summed E-state index contributed by atoms with van der Waals surface area (Å²) >= 11 is 0. The van der Waals surface area contributed by atoms with E-state index in [1.165, 1.54) is 6.07 Å². The van der Waals surface area contributed by atoms with Gasteiger partial charge >= 0.3 is 0 Å². The highest BCUT2D eigenvalue weighted by Crippen LogP contribution is 2.22. The van der Waals surface area contributed by atoms with E-state index >= 15 is 0 Å². The van der Waals surface area contributed by atoms with Gasteiger partial charge in [-0.3, -0.25) is 4.79 Å². The van der Waals surface area contributed by atoms with Gasteiger partial charge in [0, 0.05) is 30.3 Å². The number of aryl methyl sites for hydroxylation is 1. The summed E-state index contributed by atoms with van der Waals surface area (Å²) in [6.45, 7) is 2.14. The minimum atomic E-state index is -0.743. The number of aromatic hydroxyl groups is 1. The average molecular weight is 449 g/mol. The van der Waals surface area contributed by atoms with Gasteiger partial charge in [-0.05, 0) is 60.7 Å². The lowest BCUT2D eigenvalue weighted by atomic mass is 10.0. The van der Waals surface area contributed by atoms with Crippen LogP contribution >= 0.6 is 0 Å². The lowest BCUT2D eigenvalue weighted by molar-refractivity contribution is -0.116. The maximum Gasteiger partial charge on any atom is 0.224 e. The lowest BCUT2D eigenvalue weighted by Gasteiger charge is -2.18. The van der Waals surface area contributed by atoms with Crippen LogP contribution in [0, 0.1) is 0 Å². The highest BCUT2D eigenvalue weighted by Gasteiger charge is 2.12. The normalized spacial score (nSPS) is 12.8. The van der Waals surface area contributed by atoms with Crippen LogP contribution in [0.25, 0.3) is 0 Å². The molecule has 3 rings (SSSR count). The molecule has 0 aromatic heterocycles. The van der Waals surface area contributed by atoms with E-state index in [2.05, 4.69) is 29.7 Å². The van der Waals surface area contributed by atoms with Crippen LogP contribution in [0.5, 0.6) is 5.75 Å². The van der Waals surface area contributed by atoms with Crippen molar-refractivity contribution >= 4 is 11.6 Å². The number of nitrogens with one attached hydrogen (secondary N) is 2. The number of hydrogen-bond acceptors (Lipinski definition) is 5.